The van der Waals surface area contributed by atoms with Crippen LogP contribution in [0.5, 0.6) is 0 Å². The van der Waals surface area contributed by atoms with Gasteiger partial charge in [-0.25, -0.2) is 0 Å². The van der Waals surface area contributed by atoms with E-state index in [4.69, 9.17) is 16.9 Å². The van der Waals surface area contributed by atoms with Crippen molar-refractivity contribution in [2.24, 2.45) is 5.92 Å². The van der Waals surface area contributed by atoms with Crippen molar-refractivity contribution >= 4 is 29.1 Å². The monoisotopic (exact) mass is 305 g/mol. The van der Waals surface area contributed by atoms with Crippen LogP contribution in [0.3, 0.4) is 0 Å². The van der Waals surface area contributed by atoms with Gasteiger partial charge in [-0.1, -0.05) is 11.6 Å². The first-order valence-corrected chi connectivity index (χ1v) is 7.10. The molecule has 0 saturated carbocycles. The number of nitrogens with zero attached hydrogens (tertiary/aromatic N) is 2. The minimum atomic E-state index is -0.352. The molecule has 21 heavy (non-hydrogen) atoms. The molecule has 0 bridgehead atoms. The zero-order valence-corrected chi connectivity index (χ0v) is 12.6. The predicted molar refractivity (Wildman–Crippen MR) is 79.8 cm³/mol. The smallest absolute Gasteiger partial charge is 0.229 e. The number of nitrogens with one attached hydrogen (secondary N) is 1. The van der Waals surface area contributed by atoms with Crippen LogP contribution >= 0.6 is 11.6 Å². The first-order chi connectivity index (χ1) is 9.92. The molecule has 1 aliphatic heterocycles. The summed E-state index contributed by atoms with van der Waals surface area (Å²) in [4.78, 5) is 25.7. The van der Waals surface area contributed by atoms with Crippen LogP contribution in [0.4, 0.5) is 5.69 Å². The van der Waals surface area contributed by atoms with E-state index in [9.17, 15) is 9.59 Å². The van der Waals surface area contributed by atoms with E-state index in [2.05, 4.69) is 5.32 Å². The molecule has 2 rings (SSSR count). The van der Waals surface area contributed by atoms with Crippen LogP contribution < -0.4 is 5.32 Å². The average Bonchev–Trinajstić information content (AvgIpc) is 2.81. The van der Waals surface area contributed by atoms with Crippen LogP contribution in [0, 0.1) is 17.2 Å². The van der Waals surface area contributed by atoms with E-state index in [1.807, 2.05) is 19.9 Å². The number of amides is 2. The minimum Gasteiger partial charge on any atom is -0.339 e. The number of carbonyl (C=O) groups is 2. The molecule has 0 aromatic heterocycles. The SMILES string of the molecule is CC(C)N1C[C@@H](C(=O)Nc2ccc(C#N)c(Cl)c2)CC1=O. The van der Waals surface area contributed by atoms with Crippen molar-refractivity contribution in [1.29, 1.82) is 5.26 Å². The molecule has 6 heteroatoms. The molecule has 110 valence electrons. The summed E-state index contributed by atoms with van der Waals surface area (Å²) in [6, 6.07) is 6.77. The minimum absolute atomic E-state index is 0.00279. The first-order valence-electron chi connectivity index (χ1n) is 6.72. The zero-order valence-electron chi connectivity index (χ0n) is 11.9. The second-order valence-electron chi connectivity index (χ2n) is 5.34. The number of likely N-dealkylation sites (tertiary alicyclic amines) is 1. The molecule has 1 aromatic carbocycles. The highest BCUT2D eigenvalue weighted by molar-refractivity contribution is 6.32. The van der Waals surface area contributed by atoms with Gasteiger partial charge in [0.05, 0.1) is 16.5 Å². The highest BCUT2D eigenvalue weighted by Crippen LogP contribution is 2.24. The molecule has 0 radical (unpaired) electrons. The second kappa shape index (κ2) is 6.15. The standard InChI is InChI=1S/C15H16ClN3O2/c1-9(2)19-8-11(5-14(19)20)15(21)18-12-4-3-10(7-17)13(16)6-12/h3-4,6,9,11H,5,8H2,1-2H3,(H,18,21)/t11-/m0/s1. The third kappa shape index (κ3) is 3.34. The fourth-order valence-corrected chi connectivity index (χ4v) is 2.56. The van der Waals surface area contributed by atoms with Crippen LogP contribution in [0.25, 0.3) is 0 Å². The molecular formula is C15H16ClN3O2. The van der Waals surface area contributed by atoms with E-state index in [-0.39, 0.29) is 30.2 Å². The van der Waals surface area contributed by atoms with Crippen molar-refractivity contribution in [3.8, 4) is 6.07 Å². The Bertz CT molecular complexity index is 622. The normalized spacial score (nSPS) is 18.0. The maximum absolute atomic E-state index is 12.2. The van der Waals surface area contributed by atoms with E-state index in [0.717, 1.165) is 0 Å². The summed E-state index contributed by atoms with van der Waals surface area (Å²) < 4.78 is 0. The zero-order chi connectivity index (χ0) is 15.6. The molecule has 1 aliphatic rings. The van der Waals surface area contributed by atoms with Gasteiger partial charge in [0, 0.05) is 24.7 Å². The number of halogens is 1. The number of hydrogen-bond acceptors (Lipinski definition) is 3. The van der Waals surface area contributed by atoms with Gasteiger partial charge >= 0.3 is 0 Å². The molecule has 1 fully saturated rings. The number of benzene rings is 1. The van der Waals surface area contributed by atoms with Crippen molar-refractivity contribution in [1.82, 2.24) is 4.90 Å². The molecule has 5 nitrogen and oxygen atoms in total. The largest absolute Gasteiger partial charge is 0.339 e. The number of hydrogen-bond donors (Lipinski definition) is 1. The molecular weight excluding hydrogens is 290 g/mol. The summed E-state index contributed by atoms with van der Waals surface area (Å²) >= 11 is 5.92. The molecule has 0 spiro atoms. The first kappa shape index (κ1) is 15.3. The van der Waals surface area contributed by atoms with E-state index < -0.39 is 0 Å². The number of nitriles is 1. The lowest BCUT2D eigenvalue weighted by Gasteiger charge is -2.20. The summed E-state index contributed by atoms with van der Waals surface area (Å²) in [6.45, 7) is 4.30. The number of carbonyl (C=O) groups excluding carboxylic acids is 2. The van der Waals surface area contributed by atoms with Gasteiger partial charge in [-0.05, 0) is 32.0 Å². The average molecular weight is 306 g/mol. The molecule has 2 amide bonds. The van der Waals surface area contributed by atoms with Crippen LogP contribution in [0.2, 0.25) is 5.02 Å². The van der Waals surface area contributed by atoms with Crippen molar-refractivity contribution in [2.45, 2.75) is 26.3 Å². The Labute approximate surface area is 128 Å². The van der Waals surface area contributed by atoms with Crippen LogP contribution in [-0.4, -0.2) is 29.3 Å². The van der Waals surface area contributed by atoms with Gasteiger partial charge in [0.2, 0.25) is 11.8 Å². The van der Waals surface area contributed by atoms with Gasteiger partial charge in [0.25, 0.3) is 0 Å². The Kier molecular flexibility index (Phi) is 4.49. The van der Waals surface area contributed by atoms with E-state index in [0.29, 0.717) is 22.8 Å². The summed E-state index contributed by atoms with van der Waals surface area (Å²) in [5, 5.41) is 11.8. The van der Waals surface area contributed by atoms with Gasteiger partial charge in [0.1, 0.15) is 6.07 Å². The maximum atomic E-state index is 12.2. The van der Waals surface area contributed by atoms with Crippen molar-refractivity contribution in [2.75, 3.05) is 11.9 Å². The Morgan fingerprint density at radius 1 is 1.52 bits per heavy atom. The van der Waals surface area contributed by atoms with Gasteiger partial charge in [-0.3, -0.25) is 9.59 Å². The molecule has 1 atom stereocenters. The molecule has 1 N–H and O–H groups in total. The summed E-state index contributed by atoms with van der Waals surface area (Å²) in [5.74, 6) is -0.551. The van der Waals surface area contributed by atoms with E-state index >= 15 is 0 Å². The van der Waals surface area contributed by atoms with E-state index in [1.54, 1.807) is 17.0 Å². The lowest BCUT2D eigenvalue weighted by molar-refractivity contribution is -0.129. The second-order valence-corrected chi connectivity index (χ2v) is 5.74. The Morgan fingerprint density at radius 2 is 2.24 bits per heavy atom. The Balaban J connectivity index is 2.04. The van der Waals surface area contributed by atoms with Crippen LogP contribution in [0.15, 0.2) is 18.2 Å². The molecule has 0 unspecified atom stereocenters. The summed E-state index contributed by atoms with van der Waals surface area (Å²) in [5.41, 5.74) is 0.885. The third-order valence-electron chi connectivity index (χ3n) is 3.51. The van der Waals surface area contributed by atoms with Gasteiger partial charge in [-0.15, -0.1) is 0 Å². The van der Waals surface area contributed by atoms with Crippen molar-refractivity contribution in [3.05, 3.63) is 28.8 Å². The van der Waals surface area contributed by atoms with Gasteiger partial charge < -0.3 is 10.2 Å². The summed E-state index contributed by atoms with van der Waals surface area (Å²) in [7, 11) is 0. The molecule has 0 aliphatic carbocycles. The van der Waals surface area contributed by atoms with E-state index in [1.165, 1.54) is 6.07 Å². The quantitative estimate of drug-likeness (QED) is 0.932. The lowest BCUT2D eigenvalue weighted by Crippen LogP contribution is -2.33. The van der Waals surface area contributed by atoms with Crippen LogP contribution in [-0.2, 0) is 9.59 Å². The molecule has 1 aromatic rings. The highest BCUT2D eigenvalue weighted by Gasteiger charge is 2.35. The Hall–Kier alpha value is -2.06. The topological polar surface area (TPSA) is 73.2 Å². The molecule has 1 heterocycles. The third-order valence-corrected chi connectivity index (χ3v) is 3.82. The maximum Gasteiger partial charge on any atom is 0.229 e. The van der Waals surface area contributed by atoms with Crippen molar-refractivity contribution in [3.63, 3.8) is 0 Å². The fraction of sp³-hybridized carbons (Fsp3) is 0.400. The van der Waals surface area contributed by atoms with Crippen molar-refractivity contribution < 1.29 is 9.59 Å². The highest BCUT2D eigenvalue weighted by atomic mass is 35.5. The van der Waals surface area contributed by atoms with Gasteiger partial charge in [-0.2, -0.15) is 5.26 Å². The summed E-state index contributed by atoms with van der Waals surface area (Å²) in [6.07, 6.45) is 0.230. The van der Waals surface area contributed by atoms with Crippen LogP contribution in [0.1, 0.15) is 25.8 Å². The Morgan fingerprint density at radius 3 is 2.76 bits per heavy atom. The fourth-order valence-electron chi connectivity index (χ4n) is 2.33. The number of anilines is 1. The number of rotatable bonds is 3. The predicted octanol–water partition coefficient (Wildman–Crippen LogP) is 2.41. The lowest BCUT2D eigenvalue weighted by atomic mass is 10.1. The molecule has 1 saturated heterocycles. The van der Waals surface area contributed by atoms with Gasteiger partial charge in [0.15, 0.2) is 0 Å².